The molecule has 0 amide bonds. The summed E-state index contributed by atoms with van der Waals surface area (Å²) in [4.78, 5) is 0.176. The van der Waals surface area contributed by atoms with Crippen LogP contribution in [0.4, 0.5) is 5.69 Å². The van der Waals surface area contributed by atoms with E-state index in [2.05, 4.69) is 4.72 Å². The molecule has 1 aromatic rings. The Morgan fingerprint density at radius 2 is 1.90 bits per heavy atom. The van der Waals surface area contributed by atoms with Gasteiger partial charge in [-0.3, -0.25) is 0 Å². The number of rotatable bonds is 7. The van der Waals surface area contributed by atoms with E-state index in [4.69, 9.17) is 10.5 Å². The largest absolute Gasteiger partial charge is 0.397 e. The average molecular weight is 300 g/mol. The molecule has 5 nitrogen and oxygen atoms in total. The molecule has 1 rings (SSSR count). The molecule has 1 aromatic carbocycles. The van der Waals surface area contributed by atoms with Crippen LogP contribution in [0.5, 0.6) is 0 Å². The highest BCUT2D eigenvalue weighted by Gasteiger charge is 2.24. The van der Waals surface area contributed by atoms with E-state index in [1.807, 2.05) is 13.0 Å². The van der Waals surface area contributed by atoms with Gasteiger partial charge in [-0.1, -0.05) is 25.5 Å². The third-order valence-electron chi connectivity index (χ3n) is 3.21. The van der Waals surface area contributed by atoms with E-state index in [9.17, 15) is 8.42 Å². The van der Waals surface area contributed by atoms with Gasteiger partial charge in [0.2, 0.25) is 10.0 Å². The minimum Gasteiger partial charge on any atom is -0.397 e. The maximum atomic E-state index is 12.5. The van der Waals surface area contributed by atoms with Crippen molar-refractivity contribution in [3.8, 4) is 0 Å². The Morgan fingerprint density at radius 3 is 2.45 bits per heavy atom. The molecule has 0 aliphatic rings. The summed E-state index contributed by atoms with van der Waals surface area (Å²) in [5.74, 6) is 0. The first-order valence-electron chi connectivity index (χ1n) is 6.70. The van der Waals surface area contributed by atoms with Crippen LogP contribution in [-0.4, -0.2) is 28.2 Å². The standard InChI is InChI=1S/C14H24N2O3S/c1-5-6-12(9-19-4)16-20(17,18)14-11(3)8-7-10(2)13(14)15/h7-8,12,16H,5-6,9,15H2,1-4H3. The van der Waals surface area contributed by atoms with Crippen molar-refractivity contribution in [3.63, 3.8) is 0 Å². The van der Waals surface area contributed by atoms with Gasteiger partial charge >= 0.3 is 0 Å². The van der Waals surface area contributed by atoms with Gasteiger partial charge in [0.25, 0.3) is 0 Å². The summed E-state index contributed by atoms with van der Waals surface area (Å²) >= 11 is 0. The second kappa shape index (κ2) is 7.06. The molecule has 20 heavy (non-hydrogen) atoms. The second-order valence-corrected chi connectivity index (χ2v) is 6.66. The fourth-order valence-corrected chi connectivity index (χ4v) is 3.85. The smallest absolute Gasteiger partial charge is 0.243 e. The Kier molecular flexibility index (Phi) is 5.98. The number of hydrogen-bond acceptors (Lipinski definition) is 4. The van der Waals surface area contributed by atoms with Gasteiger partial charge in [-0.25, -0.2) is 13.1 Å². The van der Waals surface area contributed by atoms with Crippen molar-refractivity contribution >= 4 is 15.7 Å². The SMILES string of the molecule is CCCC(COC)NS(=O)(=O)c1c(C)ccc(C)c1N. The highest BCUT2D eigenvalue weighted by Crippen LogP contribution is 2.26. The molecule has 0 spiro atoms. The van der Waals surface area contributed by atoms with Crippen LogP contribution in [0.2, 0.25) is 0 Å². The van der Waals surface area contributed by atoms with Crippen molar-refractivity contribution in [3.05, 3.63) is 23.3 Å². The number of sulfonamides is 1. The van der Waals surface area contributed by atoms with Crippen LogP contribution in [0.1, 0.15) is 30.9 Å². The Balaban J connectivity index is 3.13. The normalized spacial score (nSPS) is 13.4. The maximum Gasteiger partial charge on any atom is 0.243 e. The van der Waals surface area contributed by atoms with Gasteiger partial charge in [0.15, 0.2) is 0 Å². The zero-order chi connectivity index (χ0) is 15.3. The average Bonchev–Trinajstić information content (AvgIpc) is 2.34. The van der Waals surface area contributed by atoms with E-state index in [1.54, 1.807) is 27.0 Å². The van der Waals surface area contributed by atoms with Crippen LogP contribution in [0.3, 0.4) is 0 Å². The number of benzene rings is 1. The fraction of sp³-hybridized carbons (Fsp3) is 0.571. The van der Waals surface area contributed by atoms with Crippen LogP contribution in [0, 0.1) is 13.8 Å². The molecular weight excluding hydrogens is 276 g/mol. The number of nitrogens with two attached hydrogens (primary N) is 1. The molecule has 0 heterocycles. The third kappa shape index (κ3) is 3.94. The van der Waals surface area contributed by atoms with Crippen molar-refractivity contribution in [2.45, 2.75) is 44.6 Å². The van der Waals surface area contributed by atoms with Crippen molar-refractivity contribution in [1.82, 2.24) is 4.72 Å². The van der Waals surface area contributed by atoms with E-state index in [1.165, 1.54) is 0 Å². The highest BCUT2D eigenvalue weighted by molar-refractivity contribution is 7.89. The van der Waals surface area contributed by atoms with Crippen LogP contribution >= 0.6 is 0 Å². The van der Waals surface area contributed by atoms with Gasteiger partial charge < -0.3 is 10.5 Å². The summed E-state index contributed by atoms with van der Waals surface area (Å²) in [5.41, 5.74) is 7.66. The molecule has 1 unspecified atom stereocenters. The lowest BCUT2D eigenvalue weighted by Gasteiger charge is -2.19. The molecule has 3 N–H and O–H groups in total. The Labute approximate surface area is 121 Å². The first-order valence-corrected chi connectivity index (χ1v) is 8.18. The van der Waals surface area contributed by atoms with Crippen LogP contribution in [0.15, 0.2) is 17.0 Å². The first-order chi connectivity index (χ1) is 9.33. The third-order valence-corrected chi connectivity index (χ3v) is 4.93. The zero-order valence-electron chi connectivity index (χ0n) is 12.6. The maximum absolute atomic E-state index is 12.5. The molecule has 1 atom stereocenters. The van der Waals surface area contributed by atoms with Gasteiger partial charge in [0, 0.05) is 13.2 Å². The summed E-state index contributed by atoms with van der Waals surface area (Å²) in [6, 6.07) is 3.35. The lowest BCUT2D eigenvalue weighted by Crippen LogP contribution is -2.38. The Bertz CT molecular complexity index is 550. The van der Waals surface area contributed by atoms with E-state index < -0.39 is 10.0 Å². The molecule has 6 heteroatoms. The molecule has 0 bridgehead atoms. The minimum atomic E-state index is -3.64. The predicted octanol–water partition coefficient (Wildman–Crippen LogP) is 1.98. The number of aryl methyl sites for hydroxylation is 2. The monoisotopic (exact) mass is 300 g/mol. The van der Waals surface area contributed by atoms with Gasteiger partial charge in [0.1, 0.15) is 4.90 Å². The van der Waals surface area contributed by atoms with Gasteiger partial charge in [-0.05, 0) is 31.4 Å². The summed E-state index contributed by atoms with van der Waals surface area (Å²) in [5, 5.41) is 0. The fourth-order valence-electron chi connectivity index (χ4n) is 2.17. The number of ether oxygens (including phenoxy) is 1. The molecule has 0 aliphatic heterocycles. The van der Waals surface area contributed by atoms with E-state index in [0.29, 0.717) is 17.9 Å². The molecule has 0 fully saturated rings. The van der Waals surface area contributed by atoms with Crippen molar-refractivity contribution in [2.24, 2.45) is 0 Å². The van der Waals surface area contributed by atoms with E-state index in [-0.39, 0.29) is 10.9 Å². The minimum absolute atomic E-state index is 0.176. The van der Waals surface area contributed by atoms with Crippen LogP contribution in [-0.2, 0) is 14.8 Å². The molecule has 0 saturated heterocycles. The summed E-state index contributed by atoms with van der Waals surface area (Å²) < 4.78 is 32.8. The lowest BCUT2D eigenvalue weighted by molar-refractivity contribution is 0.171. The molecule has 0 saturated carbocycles. The van der Waals surface area contributed by atoms with Crippen molar-refractivity contribution in [1.29, 1.82) is 0 Å². The van der Waals surface area contributed by atoms with Gasteiger partial charge in [-0.2, -0.15) is 0 Å². The molecule has 114 valence electrons. The van der Waals surface area contributed by atoms with E-state index in [0.717, 1.165) is 18.4 Å². The number of nitrogens with one attached hydrogen (secondary N) is 1. The number of anilines is 1. The molecule has 0 aliphatic carbocycles. The predicted molar refractivity (Wildman–Crippen MR) is 81.2 cm³/mol. The zero-order valence-corrected chi connectivity index (χ0v) is 13.4. The second-order valence-electron chi connectivity index (χ2n) is 5.00. The van der Waals surface area contributed by atoms with Crippen LogP contribution in [0.25, 0.3) is 0 Å². The quantitative estimate of drug-likeness (QED) is 0.754. The Hall–Kier alpha value is -1.11. The van der Waals surface area contributed by atoms with Gasteiger partial charge in [0.05, 0.1) is 12.3 Å². The molecule has 0 radical (unpaired) electrons. The summed E-state index contributed by atoms with van der Waals surface area (Å²) in [6.45, 7) is 5.89. The Morgan fingerprint density at radius 1 is 1.30 bits per heavy atom. The lowest BCUT2D eigenvalue weighted by atomic mass is 10.1. The molecular formula is C14H24N2O3S. The summed E-state index contributed by atoms with van der Waals surface area (Å²) in [6.07, 6.45) is 1.59. The van der Waals surface area contributed by atoms with Gasteiger partial charge in [-0.15, -0.1) is 0 Å². The number of nitrogen functional groups attached to an aromatic ring is 1. The highest BCUT2D eigenvalue weighted by atomic mass is 32.2. The first kappa shape index (κ1) is 16.9. The summed E-state index contributed by atoms with van der Waals surface area (Å²) in [7, 11) is -2.08. The van der Waals surface area contributed by atoms with E-state index >= 15 is 0 Å². The number of hydrogen-bond donors (Lipinski definition) is 2. The van der Waals surface area contributed by atoms with Crippen molar-refractivity contribution in [2.75, 3.05) is 19.5 Å². The van der Waals surface area contributed by atoms with Crippen LogP contribution < -0.4 is 10.5 Å². The topological polar surface area (TPSA) is 81.4 Å². The van der Waals surface area contributed by atoms with Crippen molar-refractivity contribution < 1.29 is 13.2 Å². The molecule has 0 aromatic heterocycles. The number of methoxy groups -OCH3 is 1.